The largest absolute Gasteiger partial charge is 0.380 e. The number of methoxy groups -OCH3 is 1. The third kappa shape index (κ3) is 3.07. The molecule has 0 N–H and O–H groups in total. The standard InChI is InChI=1S/C19H30N6O/c1-19(2,3)17-13(10-23(4)22-17)11-24-12-14(26-5)9-15(24)18-21-20-16-7-6-8-25(16)18/h10,14-15H,6-9,11-12H2,1-5H3/t14-,15+/m1/s1. The van der Waals surface area contributed by atoms with Crippen LogP contribution in [0.5, 0.6) is 0 Å². The molecule has 0 aliphatic carbocycles. The van der Waals surface area contributed by atoms with Crippen LogP contribution in [0.15, 0.2) is 6.20 Å². The molecule has 4 rings (SSSR count). The van der Waals surface area contributed by atoms with E-state index in [0.29, 0.717) is 0 Å². The molecule has 2 aliphatic heterocycles. The number of nitrogens with zero attached hydrogens (tertiary/aromatic N) is 6. The van der Waals surface area contributed by atoms with E-state index in [0.717, 1.165) is 44.1 Å². The average Bonchev–Trinajstić information content (AvgIpc) is 3.30. The van der Waals surface area contributed by atoms with Crippen molar-refractivity contribution in [1.82, 2.24) is 29.4 Å². The van der Waals surface area contributed by atoms with Crippen molar-refractivity contribution in [2.24, 2.45) is 7.05 Å². The molecule has 2 aromatic heterocycles. The van der Waals surface area contributed by atoms with Crippen LogP contribution in [0, 0.1) is 0 Å². The van der Waals surface area contributed by atoms with Crippen LogP contribution in [0.1, 0.15) is 62.6 Å². The van der Waals surface area contributed by atoms with Crippen molar-refractivity contribution in [2.45, 2.75) is 70.7 Å². The second-order valence-electron chi connectivity index (χ2n) is 8.69. The van der Waals surface area contributed by atoms with E-state index in [-0.39, 0.29) is 17.6 Å². The summed E-state index contributed by atoms with van der Waals surface area (Å²) in [6, 6.07) is 0.257. The SMILES string of the molecule is CO[C@@H]1C[C@@H](c2nnc3n2CCC3)N(Cc2cn(C)nc2C(C)(C)C)C1. The first-order valence-electron chi connectivity index (χ1n) is 9.58. The molecule has 2 atom stereocenters. The van der Waals surface area contributed by atoms with Crippen molar-refractivity contribution in [3.63, 3.8) is 0 Å². The molecule has 1 fully saturated rings. The Morgan fingerprint density at radius 1 is 1.27 bits per heavy atom. The predicted molar refractivity (Wildman–Crippen MR) is 98.8 cm³/mol. The molecule has 2 aromatic rings. The molecule has 0 aromatic carbocycles. The van der Waals surface area contributed by atoms with E-state index in [2.05, 4.69) is 46.6 Å². The quantitative estimate of drug-likeness (QED) is 0.839. The van der Waals surface area contributed by atoms with Gasteiger partial charge in [-0.2, -0.15) is 5.10 Å². The van der Waals surface area contributed by atoms with Crippen LogP contribution >= 0.6 is 0 Å². The van der Waals surface area contributed by atoms with Gasteiger partial charge >= 0.3 is 0 Å². The number of rotatable bonds is 4. The Morgan fingerprint density at radius 2 is 2.08 bits per heavy atom. The molecule has 0 bridgehead atoms. The first-order valence-corrected chi connectivity index (χ1v) is 9.58. The maximum Gasteiger partial charge on any atom is 0.150 e. The summed E-state index contributed by atoms with van der Waals surface area (Å²) in [6.07, 6.45) is 5.59. The van der Waals surface area contributed by atoms with Crippen LogP contribution in [0.4, 0.5) is 0 Å². The number of aryl methyl sites for hydroxylation is 2. The number of likely N-dealkylation sites (tertiary alicyclic amines) is 1. The molecule has 1 saturated heterocycles. The molecule has 26 heavy (non-hydrogen) atoms. The maximum atomic E-state index is 5.71. The molecule has 2 aliphatic rings. The molecular weight excluding hydrogens is 328 g/mol. The van der Waals surface area contributed by atoms with Crippen molar-refractivity contribution in [3.8, 4) is 0 Å². The highest BCUT2D eigenvalue weighted by atomic mass is 16.5. The van der Waals surface area contributed by atoms with Gasteiger partial charge in [-0.05, 0) is 12.8 Å². The van der Waals surface area contributed by atoms with Gasteiger partial charge in [0.2, 0.25) is 0 Å². The smallest absolute Gasteiger partial charge is 0.150 e. The van der Waals surface area contributed by atoms with E-state index in [9.17, 15) is 0 Å². The molecule has 0 amide bonds. The van der Waals surface area contributed by atoms with Crippen molar-refractivity contribution in [1.29, 1.82) is 0 Å². The molecule has 142 valence electrons. The van der Waals surface area contributed by atoms with Gasteiger partial charge in [0, 0.05) is 57.4 Å². The third-order valence-corrected chi connectivity index (χ3v) is 5.62. The van der Waals surface area contributed by atoms with E-state index in [1.165, 1.54) is 17.7 Å². The van der Waals surface area contributed by atoms with Crippen molar-refractivity contribution >= 4 is 0 Å². The van der Waals surface area contributed by atoms with Gasteiger partial charge in [-0.15, -0.1) is 10.2 Å². The Kier molecular flexibility index (Phi) is 4.39. The molecule has 0 spiro atoms. The lowest BCUT2D eigenvalue weighted by Crippen LogP contribution is -2.27. The lowest BCUT2D eigenvalue weighted by Gasteiger charge is -2.25. The van der Waals surface area contributed by atoms with Gasteiger partial charge < -0.3 is 9.30 Å². The third-order valence-electron chi connectivity index (χ3n) is 5.62. The molecule has 0 saturated carbocycles. The highest BCUT2D eigenvalue weighted by Gasteiger charge is 2.38. The van der Waals surface area contributed by atoms with Crippen molar-refractivity contribution in [3.05, 3.63) is 29.1 Å². The Labute approximate surface area is 155 Å². The molecule has 0 radical (unpaired) electrons. The van der Waals surface area contributed by atoms with Crippen LogP contribution in [0.2, 0.25) is 0 Å². The predicted octanol–water partition coefficient (Wildman–Crippen LogP) is 2.22. The summed E-state index contributed by atoms with van der Waals surface area (Å²) in [5, 5.41) is 13.7. The minimum atomic E-state index is 0.0303. The first-order chi connectivity index (χ1) is 12.4. The highest BCUT2D eigenvalue weighted by molar-refractivity contribution is 5.24. The minimum absolute atomic E-state index is 0.0303. The first kappa shape index (κ1) is 17.7. The topological polar surface area (TPSA) is 61.0 Å². The van der Waals surface area contributed by atoms with Crippen molar-refractivity contribution in [2.75, 3.05) is 13.7 Å². The number of fused-ring (bicyclic) bond motifs is 1. The van der Waals surface area contributed by atoms with Gasteiger partial charge in [0.1, 0.15) is 5.82 Å². The zero-order chi connectivity index (χ0) is 18.5. The molecule has 7 nitrogen and oxygen atoms in total. The fraction of sp³-hybridized carbons (Fsp3) is 0.737. The molecule has 7 heteroatoms. The van der Waals surface area contributed by atoms with Crippen LogP contribution in [-0.2, 0) is 36.7 Å². The minimum Gasteiger partial charge on any atom is -0.380 e. The van der Waals surface area contributed by atoms with Crippen molar-refractivity contribution < 1.29 is 4.74 Å². The van der Waals surface area contributed by atoms with Crippen LogP contribution in [0.25, 0.3) is 0 Å². The maximum absolute atomic E-state index is 5.71. The Bertz CT molecular complexity index is 787. The zero-order valence-corrected chi connectivity index (χ0v) is 16.6. The second-order valence-corrected chi connectivity index (χ2v) is 8.69. The monoisotopic (exact) mass is 358 g/mol. The number of hydrogen-bond acceptors (Lipinski definition) is 5. The van der Waals surface area contributed by atoms with Crippen LogP contribution in [-0.4, -0.2) is 49.2 Å². The highest BCUT2D eigenvalue weighted by Crippen LogP contribution is 2.36. The fourth-order valence-corrected chi connectivity index (χ4v) is 4.40. The summed E-state index contributed by atoms with van der Waals surface area (Å²) in [4.78, 5) is 2.50. The van der Waals surface area contributed by atoms with Gasteiger partial charge in [-0.1, -0.05) is 20.8 Å². The van der Waals surface area contributed by atoms with Gasteiger partial charge in [-0.25, -0.2) is 0 Å². The van der Waals surface area contributed by atoms with E-state index in [4.69, 9.17) is 9.84 Å². The van der Waals surface area contributed by atoms with E-state index in [1.807, 2.05) is 18.8 Å². The number of hydrogen-bond donors (Lipinski definition) is 0. The van der Waals surface area contributed by atoms with Gasteiger partial charge in [0.15, 0.2) is 5.82 Å². The lowest BCUT2D eigenvalue weighted by molar-refractivity contribution is 0.107. The lowest BCUT2D eigenvalue weighted by atomic mass is 9.89. The van der Waals surface area contributed by atoms with E-state index >= 15 is 0 Å². The Morgan fingerprint density at radius 3 is 2.81 bits per heavy atom. The number of aromatic nitrogens is 5. The molecule has 4 heterocycles. The number of ether oxygens (including phenoxy) is 1. The van der Waals surface area contributed by atoms with Gasteiger partial charge in [0.25, 0.3) is 0 Å². The van der Waals surface area contributed by atoms with E-state index < -0.39 is 0 Å². The fourth-order valence-electron chi connectivity index (χ4n) is 4.40. The normalized spacial score (nSPS) is 23.7. The van der Waals surface area contributed by atoms with Crippen LogP contribution in [0.3, 0.4) is 0 Å². The Balaban J connectivity index is 1.64. The summed E-state index contributed by atoms with van der Waals surface area (Å²) in [6.45, 7) is 9.51. The summed E-state index contributed by atoms with van der Waals surface area (Å²) in [5.74, 6) is 2.25. The summed E-state index contributed by atoms with van der Waals surface area (Å²) < 4.78 is 9.97. The summed E-state index contributed by atoms with van der Waals surface area (Å²) in [5.41, 5.74) is 2.50. The summed E-state index contributed by atoms with van der Waals surface area (Å²) in [7, 11) is 3.81. The second kappa shape index (κ2) is 6.46. The van der Waals surface area contributed by atoms with E-state index in [1.54, 1.807) is 0 Å². The Hall–Kier alpha value is -1.73. The molecular formula is C19H30N6O. The van der Waals surface area contributed by atoms with Crippen LogP contribution < -0.4 is 0 Å². The van der Waals surface area contributed by atoms with Gasteiger partial charge in [-0.3, -0.25) is 9.58 Å². The summed E-state index contributed by atoms with van der Waals surface area (Å²) >= 11 is 0. The van der Waals surface area contributed by atoms with Gasteiger partial charge in [0.05, 0.1) is 17.8 Å². The molecule has 0 unspecified atom stereocenters. The average molecular weight is 358 g/mol. The zero-order valence-electron chi connectivity index (χ0n) is 16.6.